The predicted molar refractivity (Wildman–Crippen MR) is 99.4 cm³/mol. The van der Waals surface area contributed by atoms with Crippen LogP contribution in [0.2, 0.25) is 0 Å². The quantitative estimate of drug-likeness (QED) is 0.698. The highest BCUT2D eigenvalue weighted by Gasteiger charge is 2.62. The third kappa shape index (κ3) is 2.51. The minimum atomic E-state index is -0.657. The highest BCUT2D eigenvalue weighted by molar-refractivity contribution is 5.70. The SMILES string of the molecule is C[C@H](C(=O)O)[C@H]1CC[C@H]2[C@@H]3C[C@H](O)[C@@H]4CC(O)CC[C@]4(C)[C@H]3CC[C@]12C. The fourth-order valence-corrected chi connectivity index (χ4v) is 8.31. The summed E-state index contributed by atoms with van der Waals surface area (Å²) >= 11 is 0. The summed E-state index contributed by atoms with van der Waals surface area (Å²) in [6.07, 6.45) is 7.36. The molecule has 10 atom stereocenters. The van der Waals surface area contributed by atoms with Gasteiger partial charge in [0, 0.05) is 0 Å². The number of carbonyl (C=O) groups is 1. The summed E-state index contributed by atoms with van der Waals surface area (Å²) in [7, 11) is 0. The van der Waals surface area contributed by atoms with Crippen LogP contribution in [-0.4, -0.2) is 33.5 Å². The van der Waals surface area contributed by atoms with Crippen LogP contribution in [-0.2, 0) is 4.79 Å². The molecule has 4 aliphatic carbocycles. The molecule has 1 unspecified atom stereocenters. The average Bonchev–Trinajstić information content (AvgIpc) is 2.93. The number of aliphatic hydroxyl groups excluding tert-OH is 2. The minimum Gasteiger partial charge on any atom is -0.481 e. The number of aliphatic carboxylic acids is 1. The predicted octanol–water partition coefficient (Wildman–Crippen LogP) is 3.70. The van der Waals surface area contributed by atoms with Gasteiger partial charge in [-0.1, -0.05) is 20.8 Å². The molecule has 4 aliphatic rings. The molecular weight excluding hydrogens is 328 g/mol. The van der Waals surface area contributed by atoms with E-state index in [4.69, 9.17) is 0 Å². The maximum Gasteiger partial charge on any atom is 0.306 e. The Labute approximate surface area is 157 Å². The summed E-state index contributed by atoms with van der Waals surface area (Å²) in [5.41, 5.74) is 0.246. The van der Waals surface area contributed by atoms with Crippen molar-refractivity contribution in [3.63, 3.8) is 0 Å². The van der Waals surface area contributed by atoms with E-state index in [0.717, 1.165) is 51.4 Å². The number of carboxylic acids is 1. The van der Waals surface area contributed by atoms with E-state index in [1.165, 1.54) is 0 Å². The lowest BCUT2D eigenvalue weighted by atomic mass is 9.44. The second-order valence-corrected chi connectivity index (χ2v) is 10.6. The van der Waals surface area contributed by atoms with E-state index in [1.54, 1.807) is 0 Å². The standard InChI is InChI=1S/C22H36O4/c1-12(20(25)26)15-4-5-16-14-11-19(24)18-10-13(23)6-8-22(18,3)17(14)7-9-21(15,16)2/h12-19,23-24H,4-11H2,1-3H3,(H,25,26)/t12-,13?,14-,15+,16-,17-,18-,19-,21+,22+/m0/s1. The Bertz CT molecular complexity index is 576. The molecule has 4 nitrogen and oxygen atoms in total. The molecule has 4 rings (SSSR count). The Balaban J connectivity index is 1.63. The van der Waals surface area contributed by atoms with Crippen LogP contribution < -0.4 is 0 Å². The summed E-state index contributed by atoms with van der Waals surface area (Å²) in [4.78, 5) is 11.6. The van der Waals surface area contributed by atoms with Crippen molar-refractivity contribution >= 4 is 5.97 Å². The lowest BCUT2D eigenvalue weighted by Gasteiger charge is -2.62. The van der Waals surface area contributed by atoms with E-state index in [-0.39, 0.29) is 40.8 Å². The molecule has 4 fully saturated rings. The van der Waals surface area contributed by atoms with Crippen LogP contribution in [0.5, 0.6) is 0 Å². The van der Waals surface area contributed by atoms with Crippen LogP contribution in [0.1, 0.15) is 72.1 Å². The van der Waals surface area contributed by atoms with Gasteiger partial charge in [-0.05, 0) is 91.8 Å². The molecule has 0 heterocycles. The first-order chi connectivity index (χ1) is 12.2. The molecule has 0 bridgehead atoms. The second-order valence-electron chi connectivity index (χ2n) is 10.6. The van der Waals surface area contributed by atoms with Crippen molar-refractivity contribution < 1.29 is 20.1 Å². The Morgan fingerprint density at radius 1 is 0.923 bits per heavy atom. The van der Waals surface area contributed by atoms with Crippen LogP contribution in [0.25, 0.3) is 0 Å². The summed E-state index contributed by atoms with van der Waals surface area (Å²) in [6, 6.07) is 0. The fraction of sp³-hybridized carbons (Fsp3) is 0.955. The van der Waals surface area contributed by atoms with Gasteiger partial charge in [-0.3, -0.25) is 4.79 Å². The fourth-order valence-electron chi connectivity index (χ4n) is 8.31. The van der Waals surface area contributed by atoms with Gasteiger partial charge in [0.25, 0.3) is 0 Å². The monoisotopic (exact) mass is 364 g/mol. The smallest absolute Gasteiger partial charge is 0.306 e. The molecule has 4 heteroatoms. The molecule has 0 aliphatic heterocycles. The summed E-state index contributed by atoms with van der Waals surface area (Å²) in [5, 5.41) is 30.7. The molecule has 0 aromatic heterocycles. The maximum absolute atomic E-state index is 11.6. The highest BCUT2D eigenvalue weighted by atomic mass is 16.4. The van der Waals surface area contributed by atoms with Crippen molar-refractivity contribution in [1.82, 2.24) is 0 Å². The highest BCUT2D eigenvalue weighted by Crippen LogP contribution is 2.68. The number of hydrogen-bond donors (Lipinski definition) is 3. The van der Waals surface area contributed by atoms with Gasteiger partial charge in [0.1, 0.15) is 0 Å². The van der Waals surface area contributed by atoms with Crippen molar-refractivity contribution in [3.8, 4) is 0 Å². The molecule has 148 valence electrons. The van der Waals surface area contributed by atoms with E-state index in [1.807, 2.05) is 6.92 Å². The van der Waals surface area contributed by atoms with Crippen molar-refractivity contribution in [1.29, 1.82) is 0 Å². The number of fused-ring (bicyclic) bond motifs is 5. The van der Waals surface area contributed by atoms with Crippen molar-refractivity contribution in [2.45, 2.75) is 84.3 Å². The lowest BCUT2D eigenvalue weighted by Crippen LogP contribution is -2.58. The third-order valence-corrected chi connectivity index (χ3v) is 9.72. The topological polar surface area (TPSA) is 77.8 Å². The lowest BCUT2D eigenvalue weighted by molar-refractivity contribution is -0.174. The van der Waals surface area contributed by atoms with E-state index in [9.17, 15) is 20.1 Å². The first-order valence-electron chi connectivity index (χ1n) is 10.8. The molecule has 3 N–H and O–H groups in total. The maximum atomic E-state index is 11.6. The van der Waals surface area contributed by atoms with Gasteiger partial charge in [0.15, 0.2) is 0 Å². The first-order valence-corrected chi connectivity index (χ1v) is 10.8. The van der Waals surface area contributed by atoms with Crippen LogP contribution >= 0.6 is 0 Å². The normalized spacial score (nSPS) is 54.7. The van der Waals surface area contributed by atoms with Crippen molar-refractivity contribution in [3.05, 3.63) is 0 Å². The Morgan fingerprint density at radius 3 is 2.27 bits per heavy atom. The summed E-state index contributed by atoms with van der Waals surface area (Å²) in [6.45, 7) is 6.61. The molecule has 4 saturated carbocycles. The van der Waals surface area contributed by atoms with Crippen molar-refractivity contribution in [2.75, 3.05) is 0 Å². The number of rotatable bonds is 2. The van der Waals surface area contributed by atoms with Gasteiger partial charge in [0.05, 0.1) is 18.1 Å². The van der Waals surface area contributed by atoms with Crippen LogP contribution in [0.3, 0.4) is 0 Å². The van der Waals surface area contributed by atoms with E-state index >= 15 is 0 Å². The first kappa shape index (κ1) is 18.7. The van der Waals surface area contributed by atoms with Crippen LogP contribution in [0.15, 0.2) is 0 Å². The van der Waals surface area contributed by atoms with Gasteiger partial charge >= 0.3 is 5.97 Å². The number of aliphatic hydroxyl groups is 2. The second kappa shape index (κ2) is 6.20. The zero-order valence-electron chi connectivity index (χ0n) is 16.5. The Kier molecular flexibility index (Phi) is 4.47. The molecule has 0 saturated heterocycles. The van der Waals surface area contributed by atoms with E-state index in [2.05, 4.69) is 13.8 Å². The molecule has 0 aromatic rings. The average molecular weight is 365 g/mol. The zero-order chi connectivity index (χ0) is 18.9. The molecule has 0 spiro atoms. The minimum absolute atomic E-state index is 0.107. The van der Waals surface area contributed by atoms with Gasteiger partial charge in [0.2, 0.25) is 0 Å². The van der Waals surface area contributed by atoms with Gasteiger partial charge in [-0.25, -0.2) is 0 Å². The molecule has 0 amide bonds. The van der Waals surface area contributed by atoms with Crippen LogP contribution in [0.4, 0.5) is 0 Å². The van der Waals surface area contributed by atoms with Gasteiger partial charge in [-0.15, -0.1) is 0 Å². The van der Waals surface area contributed by atoms with E-state index < -0.39 is 5.97 Å². The molecule has 26 heavy (non-hydrogen) atoms. The number of hydrogen-bond acceptors (Lipinski definition) is 3. The largest absolute Gasteiger partial charge is 0.481 e. The number of carboxylic acid groups (broad SMARTS) is 1. The summed E-state index contributed by atoms with van der Waals surface area (Å²) in [5.74, 6) is 1.26. The molecular formula is C22H36O4. The van der Waals surface area contributed by atoms with E-state index in [0.29, 0.717) is 17.8 Å². The van der Waals surface area contributed by atoms with Gasteiger partial charge < -0.3 is 15.3 Å². The van der Waals surface area contributed by atoms with Crippen LogP contribution in [0, 0.1) is 46.3 Å². The van der Waals surface area contributed by atoms with Crippen molar-refractivity contribution in [2.24, 2.45) is 46.3 Å². The Hall–Kier alpha value is -0.610. The zero-order valence-corrected chi connectivity index (χ0v) is 16.5. The Morgan fingerprint density at radius 2 is 1.58 bits per heavy atom. The third-order valence-electron chi connectivity index (χ3n) is 9.72. The van der Waals surface area contributed by atoms with Gasteiger partial charge in [-0.2, -0.15) is 0 Å². The molecule has 0 aromatic carbocycles. The summed E-state index contributed by atoms with van der Waals surface area (Å²) < 4.78 is 0. The molecule has 0 radical (unpaired) electrons.